The number of nitrogens with zero attached hydrogens (tertiary/aromatic N) is 1. The fraction of sp³-hybridized carbons (Fsp3) is 0.167. The molecule has 0 atom stereocenters. The Morgan fingerprint density at radius 3 is 2.86 bits per heavy atom. The Morgan fingerprint density at radius 1 is 1.07 bits per heavy atom. The summed E-state index contributed by atoms with van der Waals surface area (Å²) in [5.74, 6) is 1.49. The summed E-state index contributed by atoms with van der Waals surface area (Å²) in [6.07, 6.45) is 1.20. The third-order valence-corrected chi connectivity index (χ3v) is 4.70. The van der Waals surface area contributed by atoms with E-state index in [1.54, 1.807) is 18.2 Å². The maximum Gasteiger partial charge on any atom is 0.228 e. The number of carbonyl (C=O) groups is 1. The Labute approximate surface area is 169 Å². The molecule has 1 aliphatic heterocycles. The fourth-order valence-electron chi connectivity index (χ4n) is 3.30. The van der Waals surface area contributed by atoms with Gasteiger partial charge in [-0.3, -0.25) is 4.79 Å². The van der Waals surface area contributed by atoms with Crippen molar-refractivity contribution in [3.63, 3.8) is 0 Å². The minimum absolute atomic E-state index is 0.0808. The molecule has 29 heavy (non-hydrogen) atoms. The van der Waals surface area contributed by atoms with Crippen LogP contribution in [-0.4, -0.2) is 12.5 Å². The SMILES string of the molecule is N#Cc1cccc(COc2cccc(NC(=O)Cc3ccc4c(c3)CCO4)c2)c1. The van der Waals surface area contributed by atoms with Crippen LogP contribution in [0, 0.1) is 11.3 Å². The van der Waals surface area contributed by atoms with Gasteiger partial charge in [0.2, 0.25) is 5.91 Å². The molecule has 0 bridgehead atoms. The van der Waals surface area contributed by atoms with E-state index in [1.807, 2.05) is 48.5 Å². The second kappa shape index (κ2) is 8.49. The number of anilines is 1. The van der Waals surface area contributed by atoms with Crippen molar-refractivity contribution >= 4 is 11.6 Å². The molecule has 1 N–H and O–H groups in total. The first-order chi connectivity index (χ1) is 14.2. The van der Waals surface area contributed by atoms with Gasteiger partial charge in [-0.15, -0.1) is 0 Å². The first kappa shape index (κ1) is 18.6. The highest BCUT2D eigenvalue weighted by Crippen LogP contribution is 2.26. The van der Waals surface area contributed by atoms with Gasteiger partial charge < -0.3 is 14.8 Å². The van der Waals surface area contributed by atoms with Crippen LogP contribution in [-0.2, 0) is 24.2 Å². The molecule has 0 aliphatic carbocycles. The van der Waals surface area contributed by atoms with E-state index < -0.39 is 0 Å². The van der Waals surface area contributed by atoms with E-state index in [-0.39, 0.29) is 5.91 Å². The summed E-state index contributed by atoms with van der Waals surface area (Å²) < 4.78 is 11.3. The maximum atomic E-state index is 12.4. The number of rotatable bonds is 6. The summed E-state index contributed by atoms with van der Waals surface area (Å²) >= 11 is 0. The molecule has 144 valence electrons. The summed E-state index contributed by atoms with van der Waals surface area (Å²) in [6, 6.07) is 22.6. The van der Waals surface area contributed by atoms with Crippen LogP contribution in [0.1, 0.15) is 22.3 Å². The summed E-state index contributed by atoms with van der Waals surface area (Å²) in [4.78, 5) is 12.4. The lowest BCUT2D eigenvalue weighted by Gasteiger charge is -2.10. The second-order valence-corrected chi connectivity index (χ2v) is 6.89. The number of amides is 1. The van der Waals surface area contributed by atoms with Gasteiger partial charge >= 0.3 is 0 Å². The largest absolute Gasteiger partial charge is 0.493 e. The Morgan fingerprint density at radius 2 is 1.97 bits per heavy atom. The molecule has 5 nitrogen and oxygen atoms in total. The highest BCUT2D eigenvalue weighted by molar-refractivity contribution is 5.92. The number of nitriles is 1. The lowest BCUT2D eigenvalue weighted by Crippen LogP contribution is -2.14. The molecule has 0 spiro atoms. The number of hydrogen-bond acceptors (Lipinski definition) is 4. The smallest absolute Gasteiger partial charge is 0.228 e. The molecule has 1 heterocycles. The quantitative estimate of drug-likeness (QED) is 0.690. The first-order valence-corrected chi connectivity index (χ1v) is 9.46. The summed E-state index contributed by atoms with van der Waals surface area (Å²) in [5, 5.41) is 11.9. The summed E-state index contributed by atoms with van der Waals surface area (Å²) in [6.45, 7) is 1.06. The lowest BCUT2D eigenvalue weighted by molar-refractivity contribution is -0.115. The highest BCUT2D eigenvalue weighted by atomic mass is 16.5. The van der Waals surface area contributed by atoms with Crippen molar-refractivity contribution in [3.8, 4) is 17.6 Å². The van der Waals surface area contributed by atoms with Crippen LogP contribution in [0.2, 0.25) is 0 Å². The molecule has 0 saturated carbocycles. The predicted molar refractivity (Wildman–Crippen MR) is 110 cm³/mol. The van der Waals surface area contributed by atoms with Crippen molar-refractivity contribution in [2.45, 2.75) is 19.4 Å². The van der Waals surface area contributed by atoms with Crippen LogP contribution in [0.5, 0.6) is 11.5 Å². The zero-order valence-corrected chi connectivity index (χ0v) is 15.9. The van der Waals surface area contributed by atoms with Crippen LogP contribution in [0.15, 0.2) is 66.7 Å². The van der Waals surface area contributed by atoms with E-state index >= 15 is 0 Å². The monoisotopic (exact) mass is 384 g/mol. The van der Waals surface area contributed by atoms with Gasteiger partial charge in [-0.2, -0.15) is 5.26 Å². The van der Waals surface area contributed by atoms with Gasteiger partial charge in [-0.1, -0.05) is 30.3 Å². The van der Waals surface area contributed by atoms with Gasteiger partial charge in [0.25, 0.3) is 0 Å². The molecular formula is C24H20N2O3. The Balaban J connectivity index is 1.35. The second-order valence-electron chi connectivity index (χ2n) is 6.89. The van der Waals surface area contributed by atoms with E-state index in [0.717, 1.165) is 28.9 Å². The van der Waals surface area contributed by atoms with E-state index in [4.69, 9.17) is 14.7 Å². The Kier molecular flexibility index (Phi) is 5.44. The fourth-order valence-corrected chi connectivity index (χ4v) is 3.30. The van der Waals surface area contributed by atoms with Gasteiger partial charge in [0.1, 0.15) is 18.1 Å². The average Bonchev–Trinajstić information content (AvgIpc) is 3.20. The van der Waals surface area contributed by atoms with Gasteiger partial charge in [0.15, 0.2) is 0 Å². The molecule has 5 heteroatoms. The number of nitrogens with one attached hydrogen (secondary N) is 1. The molecule has 0 fully saturated rings. The van der Waals surface area contributed by atoms with Crippen LogP contribution in [0.4, 0.5) is 5.69 Å². The molecule has 1 aliphatic rings. The van der Waals surface area contributed by atoms with Crippen molar-refractivity contribution in [2.24, 2.45) is 0 Å². The molecule has 0 saturated heterocycles. The Bertz CT molecular complexity index is 1090. The zero-order valence-electron chi connectivity index (χ0n) is 15.9. The third-order valence-electron chi connectivity index (χ3n) is 4.70. The van der Waals surface area contributed by atoms with Crippen LogP contribution >= 0.6 is 0 Å². The van der Waals surface area contributed by atoms with Crippen molar-refractivity contribution < 1.29 is 14.3 Å². The molecule has 0 aromatic heterocycles. The van der Waals surface area contributed by atoms with Crippen LogP contribution in [0.25, 0.3) is 0 Å². The summed E-state index contributed by atoms with van der Waals surface area (Å²) in [5.41, 5.74) is 4.33. The number of ether oxygens (including phenoxy) is 2. The highest BCUT2D eigenvalue weighted by Gasteiger charge is 2.13. The van der Waals surface area contributed by atoms with Crippen molar-refractivity contribution in [3.05, 3.63) is 89.0 Å². The first-order valence-electron chi connectivity index (χ1n) is 9.46. The van der Waals surface area contributed by atoms with Crippen LogP contribution in [0.3, 0.4) is 0 Å². The van der Waals surface area contributed by atoms with Crippen molar-refractivity contribution in [2.75, 3.05) is 11.9 Å². The van der Waals surface area contributed by atoms with Gasteiger partial charge in [-0.05, 0) is 47.0 Å². The molecule has 3 aromatic rings. The molecule has 0 radical (unpaired) electrons. The van der Waals surface area contributed by atoms with Crippen molar-refractivity contribution in [1.29, 1.82) is 5.26 Å². The molecule has 4 rings (SSSR count). The maximum absolute atomic E-state index is 12.4. The third kappa shape index (κ3) is 4.74. The molecule has 3 aromatic carbocycles. The summed E-state index contributed by atoms with van der Waals surface area (Å²) in [7, 11) is 0. The molecule has 1 amide bonds. The van der Waals surface area contributed by atoms with Crippen molar-refractivity contribution in [1.82, 2.24) is 0 Å². The predicted octanol–water partition coefficient (Wildman–Crippen LogP) is 4.25. The molecular weight excluding hydrogens is 364 g/mol. The van der Waals surface area contributed by atoms with Gasteiger partial charge in [-0.25, -0.2) is 0 Å². The zero-order chi connectivity index (χ0) is 20.1. The molecule has 0 unspecified atom stereocenters. The minimum atomic E-state index is -0.0808. The normalized spacial score (nSPS) is 11.8. The topological polar surface area (TPSA) is 71.3 Å². The van der Waals surface area contributed by atoms with E-state index in [0.29, 0.717) is 36.6 Å². The number of carbonyl (C=O) groups excluding carboxylic acids is 1. The average molecular weight is 384 g/mol. The number of benzene rings is 3. The van der Waals surface area contributed by atoms with Crippen LogP contribution < -0.4 is 14.8 Å². The van der Waals surface area contributed by atoms with Gasteiger partial charge in [0, 0.05) is 18.2 Å². The number of fused-ring (bicyclic) bond motifs is 1. The Hall–Kier alpha value is -3.78. The standard InChI is InChI=1S/C24H20N2O3/c25-15-18-3-1-4-19(11-18)16-29-22-6-2-5-21(14-22)26-24(27)13-17-7-8-23-20(12-17)9-10-28-23/h1-8,11-12,14H,9-10,13,16H2,(H,26,27). The van der Waals surface area contributed by atoms with E-state index in [2.05, 4.69) is 11.4 Å². The van der Waals surface area contributed by atoms with E-state index in [9.17, 15) is 4.79 Å². The number of hydrogen-bond donors (Lipinski definition) is 1. The van der Waals surface area contributed by atoms with Gasteiger partial charge in [0.05, 0.1) is 24.7 Å². The minimum Gasteiger partial charge on any atom is -0.493 e. The lowest BCUT2D eigenvalue weighted by atomic mass is 10.1. The van der Waals surface area contributed by atoms with E-state index in [1.165, 1.54) is 0 Å².